The van der Waals surface area contributed by atoms with Gasteiger partial charge in [-0.05, 0) is 29.6 Å². The highest BCUT2D eigenvalue weighted by molar-refractivity contribution is 7.99. The van der Waals surface area contributed by atoms with Crippen LogP contribution in [0.25, 0.3) is 0 Å². The predicted octanol–water partition coefficient (Wildman–Crippen LogP) is 2.88. The maximum absolute atomic E-state index is 13.2. The Labute approximate surface area is 147 Å². The largest absolute Gasteiger partial charge is 0.321 e. The Hall–Kier alpha value is -1.42. The Kier molecular flexibility index (Phi) is 5.24. The van der Waals surface area contributed by atoms with Crippen molar-refractivity contribution < 1.29 is 17.6 Å². The molecule has 3 rings (SSSR count). The van der Waals surface area contributed by atoms with Gasteiger partial charge < -0.3 is 5.32 Å². The first-order chi connectivity index (χ1) is 11.5. The summed E-state index contributed by atoms with van der Waals surface area (Å²) >= 11 is 2.76. The first-order valence-corrected chi connectivity index (χ1v) is 10.7. The number of anilines is 1. The number of nitrogens with one attached hydrogen (secondary N) is 1. The van der Waals surface area contributed by atoms with Crippen LogP contribution in [-0.2, 0) is 10.0 Å². The smallest absolute Gasteiger partial charge is 0.267 e. The van der Waals surface area contributed by atoms with Crippen LogP contribution in [0, 0.1) is 5.82 Å². The summed E-state index contributed by atoms with van der Waals surface area (Å²) < 4.78 is 40.2. The summed E-state index contributed by atoms with van der Waals surface area (Å²) in [5.74, 6) is 0.459. The van der Waals surface area contributed by atoms with E-state index in [0.717, 1.165) is 22.8 Å². The van der Waals surface area contributed by atoms with E-state index in [-0.39, 0.29) is 15.5 Å². The Morgan fingerprint density at radius 2 is 1.96 bits per heavy atom. The van der Waals surface area contributed by atoms with Crippen LogP contribution < -0.4 is 5.32 Å². The minimum atomic E-state index is -3.70. The first kappa shape index (κ1) is 17.4. The van der Waals surface area contributed by atoms with Gasteiger partial charge in [-0.15, -0.1) is 11.3 Å². The van der Waals surface area contributed by atoms with Crippen molar-refractivity contribution in [3.63, 3.8) is 0 Å². The molecule has 1 aliphatic rings. The van der Waals surface area contributed by atoms with Crippen LogP contribution in [0.3, 0.4) is 0 Å². The number of nitrogens with zero attached hydrogens (tertiary/aromatic N) is 1. The number of carbonyl (C=O) groups excluding carboxylic acids is 1. The van der Waals surface area contributed by atoms with Crippen molar-refractivity contribution in [1.82, 2.24) is 4.31 Å². The lowest BCUT2D eigenvalue weighted by molar-refractivity contribution is 0.102. The maximum Gasteiger partial charge on any atom is 0.267 e. The van der Waals surface area contributed by atoms with Gasteiger partial charge in [0.05, 0.1) is 0 Å². The molecule has 128 valence electrons. The van der Waals surface area contributed by atoms with Gasteiger partial charge in [-0.1, -0.05) is 6.07 Å². The molecule has 1 saturated heterocycles. The molecule has 1 amide bonds. The van der Waals surface area contributed by atoms with Crippen molar-refractivity contribution in [2.75, 3.05) is 29.9 Å². The van der Waals surface area contributed by atoms with Gasteiger partial charge in [0.2, 0.25) is 10.0 Å². The summed E-state index contributed by atoms with van der Waals surface area (Å²) in [5.41, 5.74) is 0.283. The van der Waals surface area contributed by atoms with E-state index in [0.29, 0.717) is 13.1 Å². The summed E-state index contributed by atoms with van der Waals surface area (Å²) in [6.45, 7) is 0.877. The van der Waals surface area contributed by atoms with Crippen LogP contribution in [0.15, 0.2) is 40.6 Å². The normalized spacial score (nSPS) is 16.0. The standard InChI is InChI=1S/C15H15FN2O3S3/c16-11-2-1-3-12(10-11)17-15(19)14-13(4-7-23-14)24(20,21)18-5-8-22-9-6-18/h1-4,7,10H,5-6,8-9H2,(H,17,19). The van der Waals surface area contributed by atoms with Crippen molar-refractivity contribution in [3.05, 3.63) is 46.4 Å². The lowest BCUT2D eigenvalue weighted by atomic mass is 10.3. The van der Waals surface area contributed by atoms with Crippen molar-refractivity contribution in [2.24, 2.45) is 0 Å². The number of hydrogen-bond donors (Lipinski definition) is 1. The fourth-order valence-electron chi connectivity index (χ4n) is 2.35. The molecule has 9 heteroatoms. The van der Waals surface area contributed by atoms with E-state index in [4.69, 9.17) is 0 Å². The van der Waals surface area contributed by atoms with Crippen LogP contribution in [0.4, 0.5) is 10.1 Å². The molecule has 1 aliphatic heterocycles. The molecule has 0 spiro atoms. The highest BCUT2D eigenvalue weighted by Crippen LogP contribution is 2.28. The fraction of sp³-hybridized carbons (Fsp3) is 0.267. The summed E-state index contributed by atoms with van der Waals surface area (Å²) in [4.78, 5) is 12.5. The third kappa shape index (κ3) is 3.64. The number of sulfonamides is 1. The molecule has 0 atom stereocenters. The Bertz CT molecular complexity index is 845. The molecule has 0 saturated carbocycles. The van der Waals surface area contributed by atoms with E-state index in [1.54, 1.807) is 23.2 Å². The zero-order valence-corrected chi connectivity index (χ0v) is 15.0. The molecule has 0 bridgehead atoms. The van der Waals surface area contributed by atoms with Crippen LogP contribution in [0.5, 0.6) is 0 Å². The molecule has 0 aliphatic carbocycles. The second-order valence-corrected chi connectivity index (χ2v) is 9.14. The van der Waals surface area contributed by atoms with Crippen LogP contribution in [-0.4, -0.2) is 43.2 Å². The number of benzene rings is 1. The molecule has 1 N–H and O–H groups in total. The zero-order valence-electron chi connectivity index (χ0n) is 12.6. The third-order valence-electron chi connectivity index (χ3n) is 3.51. The van der Waals surface area contributed by atoms with Crippen molar-refractivity contribution in [3.8, 4) is 0 Å². The number of hydrogen-bond acceptors (Lipinski definition) is 5. The number of amides is 1. The average Bonchev–Trinajstić information content (AvgIpc) is 3.06. The zero-order chi connectivity index (χ0) is 17.2. The van der Waals surface area contributed by atoms with Crippen molar-refractivity contribution in [1.29, 1.82) is 0 Å². The molecule has 24 heavy (non-hydrogen) atoms. The number of rotatable bonds is 4. The number of halogens is 1. The minimum absolute atomic E-state index is 0.00769. The van der Waals surface area contributed by atoms with Crippen molar-refractivity contribution >= 4 is 44.7 Å². The molecular formula is C15H15FN2O3S3. The van der Waals surface area contributed by atoms with Gasteiger partial charge in [0.1, 0.15) is 15.6 Å². The Morgan fingerprint density at radius 1 is 1.21 bits per heavy atom. The molecular weight excluding hydrogens is 371 g/mol. The summed E-state index contributed by atoms with van der Waals surface area (Å²) in [6.07, 6.45) is 0. The van der Waals surface area contributed by atoms with Crippen LogP contribution in [0.2, 0.25) is 0 Å². The Morgan fingerprint density at radius 3 is 2.67 bits per heavy atom. The molecule has 0 unspecified atom stereocenters. The van der Waals surface area contributed by atoms with Gasteiger partial charge in [-0.3, -0.25) is 4.79 Å². The number of thiophene rings is 1. The molecule has 1 fully saturated rings. The lowest BCUT2D eigenvalue weighted by Crippen LogP contribution is -2.38. The topological polar surface area (TPSA) is 66.5 Å². The van der Waals surface area contributed by atoms with Crippen LogP contribution >= 0.6 is 23.1 Å². The van der Waals surface area contributed by atoms with Gasteiger partial charge in [-0.25, -0.2) is 12.8 Å². The Balaban J connectivity index is 1.85. The molecule has 1 aromatic carbocycles. The highest BCUT2D eigenvalue weighted by atomic mass is 32.2. The van der Waals surface area contributed by atoms with Gasteiger partial charge in [-0.2, -0.15) is 16.1 Å². The molecule has 1 aromatic heterocycles. The van der Waals surface area contributed by atoms with Gasteiger partial charge >= 0.3 is 0 Å². The van der Waals surface area contributed by atoms with E-state index in [9.17, 15) is 17.6 Å². The number of thioether (sulfide) groups is 1. The van der Waals surface area contributed by atoms with Gasteiger partial charge in [0.15, 0.2) is 0 Å². The minimum Gasteiger partial charge on any atom is -0.321 e. The average molecular weight is 386 g/mol. The van der Waals surface area contributed by atoms with Gasteiger partial charge in [0, 0.05) is 30.3 Å². The van der Waals surface area contributed by atoms with Gasteiger partial charge in [0.25, 0.3) is 5.91 Å². The molecule has 0 radical (unpaired) electrons. The van der Waals surface area contributed by atoms with E-state index in [1.165, 1.54) is 28.6 Å². The monoisotopic (exact) mass is 386 g/mol. The van der Waals surface area contributed by atoms with Crippen molar-refractivity contribution in [2.45, 2.75) is 4.90 Å². The van der Waals surface area contributed by atoms with E-state index < -0.39 is 21.7 Å². The second kappa shape index (κ2) is 7.22. The summed E-state index contributed by atoms with van der Waals surface area (Å²) in [7, 11) is -3.70. The summed E-state index contributed by atoms with van der Waals surface area (Å²) in [6, 6.07) is 6.92. The molecule has 5 nitrogen and oxygen atoms in total. The number of carbonyl (C=O) groups is 1. The molecule has 2 heterocycles. The quantitative estimate of drug-likeness (QED) is 0.877. The predicted molar refractivity (Wildman–Crippen MR) is 94.8 cm³/mol. The first-order valence-electron chi connectivity index (χ1n) is 7.21. The van der Waals surface area contributed by atoms with E-state index in [1.807, 2.05) is 0 Å². The van der Waals surface area contributed by atoms with E-state index in [2.05, 4.69) is 5.32 Å². The highest BCUT2D eigenvalue weighted by Gasteiger charge is 2.31. The second-order valence-electron chi connectivity index (χ2n) is 5.09. The third-order valence-corrected chi connectivity index (χ3v) is 7.43. The van der Waals surface area contributed by atoms with E-state index >= 15 is 0 Å². The summed E-state index contributed by atoms with van der Waals surface area (Å²) in [5, 5.41) is 4.12. The SMILES string of the molecule is O=C(Nc1cccc(F)c1)c1sccc1S(=O)(=O)N1CCSCC1. The lowest BCUT2D eigenvalue weighted by Gasteiger charge is -2.25. The van der Waals surface area contributed by atoms with Crippen LogP contribution in [0.1, 0.15) is 9.67 Å². The fourth-order valence-corrected chi connectivity index (χ4v) is 6.22. The molecule has 2 aromatic rings. The maximum atomic E-state index is 13.2.